The van der Waals surface area contributed by atoms with E-state index in [0.29, 0.717) is 6.54 Å². The molecule has 0 bridgehead atoms. The van der Waals surface area contributed by atoms with Gasteiger partial charge in [-0.2, -0.15) is 0 Å². The van der Waals surface area contributed by atoms with Crippen molar-refractivity contribution in [1.29, 1.82) is 0 Å². The highest BCUT2D eigenvalue weighted by Gasteiger charge is 2.11. The molecule has 2 unspecified atom stereocenters. The summed E-state index contributed by atoms with van der Waals surface area (Å²) in [5, 5.41) is 2.83. The Kier molecular flexibility index (Phi) is 7.09. The van der Waals surface area contributed by atoms with Crippen LogP contribution >= 0.6 is 11.8 Å². The number of carbonyl (C=O) groups excluding carboxylic acids is 1. The molecule has 0 aromatic rings. The number of amides is 1. The molecule has 4 heteroatoms. The molecule has 0 saturated carbocycles. The van der Waals surface area contributed by atoms with Crippen LogP contribution < -0.4 is 11.1 Å². The van der Waals surface area contributed by atoms with Crippen molar-refractivity contribution in [3.8, 4) is 0 Å². The summed E-state index contributed by atoms with van der Waals surface area (Å²) >= 11 is 1.66. The van der Waals surface area contributed by atoms with E-state index in [4.69, 9.17) is 5.73 Å². The van der Waals surface area contributed by atoms with Crippen LogP contribution in [0.2, 0.25) is 0 Å². The molecule has 0 heterocycles. The van der Waals surface area contributed by atoms with Crippen molar-refractivity contribution in [2.24, 2.45) is 5.73 Å². The molecule has 0 spiro atoms. The average Bonchev–Trinajstić information content (AvgIpc) is 2.04. The number of nitrogens with one attached hydrogen (secondary N) is 1. The van der Waals surface area contributed by atoms with E-state index in [9.17, 15) is 4.79 Å². The topological polar surface area (TPSA) is 55.1 Å². The molecule has 0 fully saturated rings. The van der Waals surface area contributed by atoms with Gasteiger partial charge in [-0.05, 0) is 32.9 Å². The van der Waals surface area contributed by atoms with E-state index in [1.54, 1.807) is 11.8 Å². The van der Waals surface area contributed by atoms with Crippen molar-refractivity contribution in [3.05, 3.63) is 0 Å². The Balaban J connectivity index is 3.49. The zero-order valence-electron chi connectivity index (χ0n) is 8.67. The highest BCUT2D eigenvalue weighted by Crippen LogP contribution is 2.12. The van der Waals surface area contributed by atoms with Gasteiger partial charge in [0.15, 0.2) is 0 Å². The first-order valence-corrected chi connectivity index (χ1v) is 5.77. The van der Waals surface area contributed by atoms with Crippen LogP contribution in [0.4, 0.5) is 0 Å². The summed E-state index contributed by atoms with van der Waals surface area (Å²) in [6, 6.07) is 0.230. The average molecular weight is 204 g/mol. The van der Waals surface area contributed by atoms with Gasteiger partial charge in [-0.15, -0.1) is 11.8 Å². The second-order valence-electron chi connectivity index (χ2n) is 3.17. The van der Waals surface area contributed by atoms with E-state index < -0.39 is 0 Å². The first-order valence-electron chi connectivity index (χ1n) is 4.72. The van der Waals surface area contributed by atoms with Crippen molar-refractivity contribution in [2.75, 3.05) is 12.3 Å². The maximum atomic E-state index is 11.3. The summed E-state index contributed by atoms with van der Waals surface area (Å²) in [6.45, 7) is 6.54. The van der Waals surface area contributed by atoms with Gasteiger partial charge in [0.2, 0.25) is 5.91 Å². The SMILES string of the molecule is CCNC(=O)C(C)SCCC(C)N. The highest BCUT2D eigenvalue weighted by molar-refractivity contribution is 8.00. The monoisotopic (exact) mass is 204 g/mol. The number of hydrogen-bond acceptors (Lipinski definition) is 3. The van der Waals surface area contributed by atoms with E-state index in [0.717, 1.165) is 12.2 Å². The molecule has 0 saturated heterocycles. The summed E-state index contributed by atoms with van der Waals surface area (Å²) in [4.78, 5) is 11.3. The number of hydrogen-bond donors (Lipinski definition) is 2. The minimum Gasteiger partial charge on any atom is -0.355 e. The normalized spacial score (nSPS) is 15.1. The number of nitrogens with two attached hydrogens (primary N) is 1. The second-order valence-corrected chi connectivity index (χ2v) is 4.62. The summed E-state index contributed by atoms with van der Waals surface area (Å²) < 4.78 is 0. The number of carbonyl (C=O) groups is 1. The van der Waals surface area contributed by atoms with Gasteiger partial charge in [-0.1, -0.05) is 0 Å². The van der Waals surface area contributed by atoms with Crippen molar-refractivity contribution in [1.82, 2.24) is 5.32 Å². The second kappa shape index (κ2) is 7.21. The fourth-order valence-corrected chi connectivity index (χ4v) is 1.92. The van der Waals surface area contributed by atoms with Crippen LogP contribution in [0.25, 0.3) is 0 Å². The summed E-state index contributed by atoms with van der Waals surface area (Å²) in [6.07, 6.45) is 0.967. The van der Waals surface area contributed by atoms with Crippen LogP contribution in [0.5, 0.6) is 0 Å². The number of rotatable bonds is 6. The molecule has 3 nitrogen and oxygen atoms in total. The predicted octanol–water partition coefficient (Wildman–Crippen LogP) is 0.981. The maximum absolute atomic E-state index is 11.3. The molecule has 13 heavy (non-hydrogen) atoms. The van der Waals surface area contributed by atoms with Crippen LogP contribution in [0.1, 0.15) is 27.2 Å². The smallest absolute Gasteiger partial charge is 0.232 e. The van der Waals surface area contributed by atoms with Gasteiger partial charge in [0, 0.05) is 12.6 Å². The molecule has 0 aliphatic heterocycles. The molecular weight excluding hydrogens is 184 g/mol. The number of thioether (sulfide) groups is 1. The molecule has 0 aliphatic carbocycles. The molecule has 2 atom stereocenters. The van der Waals surface area contributed by atoms with Gasteiger partial charge < -0.3 is 11.1 Å². The lowest BCUT2D eigenvalue weighted by Crippen LogP contribution is -2.31. The lowest BCUT2D eigenvalue weighted by atomic mass is 10.3. The Bertz CT molecular complexity index is 151. The Labute approximate surface area is 84.8 Å². The summed E-state index contributed by atoms with van der Waals surface area (Å²) in [5.41, 5.74) is 5.60. The van der Waals surface area contributed by atoms with Gasteiger partial charge in [0.25, 0.3) is 0 Å². The molecule has 0 radical (unpaired) electrons. The third-order valence-corrected chi connectivity index (χ3v) is 2.85. The quantitative estimate of drug-likeness (QED) is 0.678. The van der Waals surface area contributed by atoms with E-state index in [-0.39, 0.29) is 17.2 Å². The Morgan fingerprint density at radius 2 is 2.15 bits per heavy atom. The lowest BCUT2D eigenvalue weighted by molar-refractivity contribution is -0.120. The van der Waals surface area contributed by atoms with Gasteiger partial charge in [0.05, 0.1) is 5.25 Å². The van der Waals surface area contributed by atoms with Crippen molar-refractivity contribution in [3.63, 3.8) is 0 Å². The van der Waals surface area contributed by atoms with Gasteiger partial charge in [0.1, 0.15) is 0 Å². The predicted molar refractivity (Wildman–Crippen MR) is 58.9 cm³/mol. The Morgan fingerprint density at radius 1 is 1.54 bits per heavy atom. The molecular formula is C9H20N2OS. The summed E-state index contributed by atoms with van der Waals surface area (Å²) in [5.74, 6) is 1.08. The minimum absolute atomic E-state index is 0.0405. The van der Waals surface area contributed by atoms with Crippen molar-refractivity contribution < 1.29 is 4.79 Å². The van der Waals surface area contributed by atoms with Crippen LogP contribution in [-0.2, 0) is 4.79 Å². The van der Waals surface area contributed by atoms with Crippen LogP contribution in [0.15, 0.2) is 0 Å². The standard InChI is InChI=1S/C9H20N2OS/c1-4-11-9(12)8(3)13-6-5-7(2)10/h7-8H,4-6,10H2,1-3H3,(H,11,12). The van der Waals surface area contributed by atoms with Gasteiger partial charge in [-0.25, -0.2) is 0 Å². The van der Waals surface area contributed by atoms with E-state index in [1.807, 2.05) is 20.8 Å². The van der Waals surface area contributed by atoms with E-state index >= 15 is 0 Å². The third kappa shape index (κ3) is 6.90. The molecule has 78 valence electrons. The summed E-state index contributed by atoms with van der Waals surface area (Å²) in [7, 11) is 0. The molecule has 0 aromatic heterocycles. The van der Waals surface area contributed by atoms with Crippen LogP contribution in [0, 0.1) is 0 Å². The molecule has 0 rings (SSSR count). The zero-order chi connectivity index (χ0) is 10.3. The fraction of sp³-hybridized carbons (Fsp3) is 0.889. The first kappa shape index (κ1) is 12.8. The van der Waals surface area contributed by atoms with Gasteiger partial charge in [-0.3, -0.25) is 4.79 Å². The van der Waals surface area contributed by atoms with E-state index in [2.05, 4.69) is 5.32 Å². The van der Waals surface area contributed by atoms with E-state index in [1.165, 1.54) is 0 Å². The van der Waals surface area contributed by atoms with Crippen LogP contribution in [0.3, 0.4) is 0 Å². The lowest BCUT2D eigenvalue weighted by Gasteiger charge is -2.11. The van der Waals surface area contributed by atoms with Gasteiger partial charge >= 0.3 is 0 Å². The molecule has 0 aliphatic rings. The third-order valence-electron chi connectivity index (χ3n) is 1.66. The fourth-order valence-electron chi connectivity index (χ4n) is 0.824. The van der Waals surface area contributed by atoms with Crippen LogP contribution in [-0.4, -0.2) is 29.5 Å². The molecule has 1 amide bonds. The molecule has 0 aromatic carbocycles. The van der Waals surface area contributed by atoms with Crippen molar-refractivity contribution >= 4 is 17.7 Å². The molecule has 3 N–H and O–H groups in total. The highest BCUT2D eigenvalue weighted by atomic mass is 32.2. The van der Waals surface area contributed by atoms with Crippen molar-refractivity contribution in [2.45, 2.75) is 38.5 Å². The minimum atomic E-state index is 0.0405. The Hall–Kier alpha value is -0.220. The Morgan fingerprint density at radius 3 is 2.62 bits per heavy atom. The maximum Gasteiger partial charge on any atom is 0.232 e. The first-order chi connectivity index (χ1) is 6.07. The zero-order valence-corrected chi connectivity index (χ0v) is 9.49. The largest absolute Gasteiger partial charge is 0.355 e.